The van der Waals surface area contributed by atoms with Crippen molar-refractivity contribution in [2.45, 2.75) is 12.8 Å². The van der Waals surface area contributed by atoms with Gasteiger partial charge in [-0.2, -0.15) is 0 Å². The fourth-order valence-corrected chi connectivity index (χ4v) is 2.90. The number of ether oxygens (including phenoxy) is 1. The van der Waals surface area contributed by atoms with Gasteiger partial charge < -0.3 is 14.5 Å². The zero-order chi connectivity index (χ0) is 13.2. The van der Waals surface area contributed by atoms with Gasteiger partial charge in [0.05, 0.1) is 23.9 Å². The van der Waals surface area contributed by atoms with E-state index in [1.165, 1.54) is 0 Å². The summed E-state index contributed by atoms with van der Waals surface area (Å²) in [5.74, 6) is 0.261. The molecule has 1 aromatic carbocycles. The summed E-state index contributed by atoms with van der Waals surface area (Å²) in [6.45, 7) is 3.08. The third-order valence-electron chi connectivity index (χ3n) is 4.00. The molecule has 19 heavy (non-hydrogen) atoms. The molecule has 0 aliphatic carbocycles. The van der Waals surface area contributed by atoms with Crippen LogP contribution in [0.15, 0.2) is 24.3 Å². The molecule has 1 aromatic rings. The summed E-state index contributed by atoms with van der Waals surface area (Å²) in [6.07, 6.45) is 1.86. The molecule has 1 fully saturated rings. The first-order valence-electron chi connectivity index (χ1n) is 6.96. The van der Waals surface area contributed by atoms with Crippen molar-refractivity contribution in [2.24, 2.45) is 5.92 Å². The SMILES string of the molecule is CN1CCCN(C(=O)[C@@H]2CCOC2)c2ccccc21. The van der Waals surface area contributed by atoms with Crippen LogP contribution in [0.5, 0.6) is 0 Å². The summed E-state index contributed by atoms with van der Waals surface area (Å²) in [5.41, 5.74) is 2.19. The minimum absolute atomic E-state index is 0.0384. The second-order valence-corrected chi connectivity index (χ2v) is 5.31. The highest BCUT2D eigenvalue weighted by molar-refractivity contribution is 5.98. The Morgan fingerprint density at radius 2 is 2.05 bits per heavy atom. The molecule has 1 atom stereocenters. The van der Waals surface area contributed by atoms with Gasteiger partial charge in [-0.1, -0.05) is 12.1 Å². The summed E-state index contributed by atoms with van der Waals surface area (Å²) in [6, 6.07) is 8.17. The number of carbonyl (C=O) groups is 1. The van der Waals surface area contributed by atoms with Crippen molar-refractivity contribution in [3.05, 3.63) is 24.3 Å². The van der Waals surface area contributed by atoms with Gasteiger partial charge in [-0.3, -0.25) is 4.79 Å². The normalized spacial score (nSPS) is 23.1. The van der Waals surface area contributed by atoms with Gasteiger partial charge in [0.25, 0.3) is 0 Å². The Morgan fingerprint density at radius 1 is 1.26 bits per heavy atom. The van der Waals surface area contributed by atoms with Crippen LogP contribution in [0.4, 0.5) is 11.4 Å². The first kappa shape index (κ1) is 12.5. The number of hydrogen-bond donors (Lipinski definition) is 0. The Hall–Kier alpha value is -1.55. The van der Waals surface area contributed by atoms with Gasteiger partial charge in [0, 0.05) is 26.7 Å². The zero-order valence-corrected chi connectivity index (χ0v) is 11.3. The van der Waals surface area contributed by atoms with Gasteiger partial charge in [-0.05, 0) is 25.0 Å². The molecule has 1 amide bonds. The molecule has 0 bridgehead atoms. The molecule has 102 valence electrons. The van der Waals surface area contributed by atoms with E-state index in [4.69, 9.17) is 4.74 Å². The molecular formula is C15H20N2O2. The lowest BCUT2D eigenvalue weighted by Crippen LogP contribution is -2.37. The molecule has 0 aromatic heterocycles. The summed E-state index contributed by atoms with van der Waals surface area (Å²) in [5, 5.41) is 0. The molecule has 1 saturated heterocycles. The molecule has 4 nitrogen and oxygen atoms in total. The van der Waals surface area contributed by atoms with E-state index in [0.29, 0.717) is 13.2 Å². The first-order valence-corrected chi connectivity index (χ1v) is 6.96. The minimum Gasteiger partial charge on any atom is -0.381 e. The van der Waals surface area contributed by atoms with Crippen LogP contribution in [0, 0.1) is 5.92 Å². The standard InChI is InChI=1S/C15H20N2O2/c1-16-8-4-9-17(14-6-3-2-5-13(14)16)15(18)12-7-10-19-11-12/h2-3,5-6,12H,4,7-11H2,1H3/t12-/m1/s1. The third kappa shape index (κ3) is 2.32. The maximum absolute atomic E-state index is 12.6. The number of rotatable bonds is 1. The monoisotopic (exact) mass is 260 g/mol. The minimum atomic E-state index is 0.0384. The van der Waals surface area contributed by atoms with Crippen LogP contribution in [0.2, 0.25) is 0 Å². The van der Waals surface area contributed by atoms with Crippen molar-refractivity contribution in [3.8, 4) is 0 Å². The number of hydrogen-bond acceptors (Lipinski definition) is 3. The lowest BCUT2D eigenvalue weighted by atomic mass is 10.1. The number of anilines is 2. The summed E-state index contributed by atoms with van der Waals surface area (Å²) in [7, 11) is 2.09. The lowest BCUT2D eigenvalue weighted by Gasteiger charge is -2.26. The van der Waals surface area contributed by atoms with Crippen LogP contribution in [0.3, 0.4) is 0 Å². The third-order valence-corrected chi connectivity index (χ3v) is 4.00. The molecule has 0 radical (unpaired) electrons. The Morgan fingerprint density at radius 3 is 2.79 bits per heavy atom. The molecular weight excluding hydrogens is 240 g/mol. The van der Waals surface area contributed by atoms with Crippen LogP contribution < -0.4 is 9.80 Å². The van der Waals surface area contributed by atoms with Crippen molar-refractivity contribution in [2.75, 3.05) is 43.2 Å². The molecule has 3 rings (SSSR count). The quantitative estimate of drug-likeness (QED) is 0.773. The second kappa shape index (κ2) is 5.21. The smallest absolute Gasteiger partial charge is 0.232 e. The topological polar surface area (TPSA) is 32.8 Å². The van der Waals surface area contributed by atoms with Gasteiger partial charge in [0.2, 0.25) is 5.91 Å². The number of fused-ring (bicyclic) bond motifs is 1. The van der Waals surface area contributed by atoms with E-state index < -0.39 is 0 Å². The average Bonchev–Trinajstić information content (AvgIpc) is 2.91. The predicted molar refractivity (Wildman–Crippen MR) is 75.6 cm³/mol. The molecule has 0 N–H and O–H groups in total. The molecule has 0 saturated carbocycles. The predicted octanol–water partition coefficient (Wildman–Crippen LogP) is 1.90. The van der Waals surface area contributed by atoms with Crippen molar-refractivity contribution < 1.29 is 9.53 Å². The maximum atomic E-state index is 12.6. The van der Waals surface area contributed by atoms with E-state index in [0.717, 1.165) is 37.3 Å². The van der Waals surface area contributed by atoms with Crippen molar-refractivity contribution in [3.63, 3.8) is 0 Å². The second-order valence-electron chi connectivity index (χ2n) is 5.31. The van der Waals surface area contributed by atoms with Crippen LogP contribution in [-0.4, -0.2) is 39.3 Å². The molecule has 4 heteroatoms. The van der Waals surface area contributed by atoms with Crippen molar-refractivity contribution >= 4 is 17.3 Å². The molecule has 2 heterocycles. The molecule has 2 aliphatic heterocycles. The van der Waals surface area contributed by atoms with Gasteiger partial charge in [-0.25, -0.2) is 0 Å². The Kier molecular flexibility index (Phi) is 3.42. The Bertz CT molecular complexity index is 469. The van der Waals surface area contributed by atoms with Crippen LogP contribution in [0.25, 0.3) is 0 Å². The van der Waals surface area contributed by atoms with E-state index in [-0.39, 0.29) is 11.8 Å². The van der Waals surface area contributed by atoms with E-state index in [2.05, 4.69) is 18.0 Å². The fourth-order valence-electron chi connectivity index (χ4n) is 2.90. The molecule has 2 aliphatic rings. The zero-order valence-electron chi connectivity index (χ0n) is 11.3. The van der Waals surface area contributed by atoms with Gasteiger partial charge in [-0.15, -0.1) is 0 Å². The lowest BCUT2D eigenvalue weighted by molar-refractivity contribution is -0.122. The number of para-hydroxylation sites is 2. The first-order chi connectivity index (χ1) is 9.27. The Labute approximate surface area is 113 Å². The highest BCUT2D eigenvalue weighted by Crippen LogP contribution is 2.32. The summed E-state index contributed by atoms with van der Waals surface area (Å²) >= 11 is 0. The van der Waals surface area contributed by atoms with Gasteiger partial charge in [0.1, 0.15) is 0 Å². The fraction of sp³-hybridized carbons (Fsp3) is 0.533. The highest BCUT2D eigenvalue weighted by atomic mass is 16.5. The maximum Gasteiger partial charge on any atom is 0.232 e. The van der Waals surface area contributed by atoms with Crippen LogP contribution >= 0.6 is 0 Å². The Balaban J connectivity index is 1.92. The van der Waals surface area contributed by atoms with E-state index >= 15 is 0 Å². The number of benzene rings is 1. The van der Waals surface area contributed by atoms with Crippen LogP contribution in [-0.2, 0) is 9.53 Å². The number of amides is 1. The van der Waals surface area contributed by atoms with E-state index in [1.807, 2.05) is 23.1 Å². The summed E-state index contributed by atoms with van der Waals surface area (Å²) < 4.78 is 5.35. The van der Waals surface area contributed by atoms with E-state index in [9.17, 15) is 4.79 Å². The number of carbonyl (C=O) groups excluding carboxylic acids is 1. The summed E-state index contributed by atoms with van der Waals surface area (Å²) in [4.78, 5) is 16.8. The van der Waals surface area contributed by atoms with Crippen molar-refractivity contribution in [1.29, 1.82) is 0 Å². The van der Waals surface area contributed by atoms with Crippen molar-refractivity contribution in [1.82, 2.24) is 0 Å². The largest absolute Gasteiger partial charge is 0.381 e. The van der Waals surface area contributed by atoms with E-state index in [1.54, 1.807) is 0 Å². The number of nitrogens with zero attached hydrogens (tertiary/aromatic N) is 2. The molecule has 0 spiro atoms. The van der Waals surface area contributed by atoms with Gasteiger partial charge in [0.15, 0.2) is 0 Å². The molecule has 0 unspecified atom stereocenters. The average molecular weight is 260 g/mol. The highest BCUT2D eigenvalue weighted by Gasteiger charge is 2.31. The van der Waals surface area contributed by atoms with Crippen LogP contribution in [0.1, 0.15) is 12.8 Å². The van der Waals surface area contributed by atoms with Gasteiger partial charge >= 0.3 is 0 Å².